The second-order valence-corrected chi connectivity index (χ2v) is 6.52. The maximum atomic E-state index is 12.5. The number of aryl methyl sites for hydroxylation is 1. The van der Waals surface area contributed by atoms with Gasteiger partial charge in [-0.1, -0.05) is 6.92 Å². The standard InChI is InChI=1S/C16H29N5O/c1-5-8-21-11-17-19-15(21)13(4)18-16(22)14-6-9-20(10-7-14)12(2)3/h11-14H,5-10H2,1-4H3,(H,18,22)/t13-/m0/s1. The van der Waals surface area contributed by atoms with Crippen molar-refractivity contribution in [2.75, 3.05) is 13.1 Å². The first-order chi connectivity index (χ1) is 10.5. The van der Waals surface area contributed by atoms with Crippen molar-refractivity contribution < 1.29 is 4.79 Å². The molecule has 1 fully saturated rings. The predicted molar refractivity (Wildman–Crippen MR) is 86.3 cm³/mol. The SMILES string of the molecule is CCCn1cnnc1[C@H](C)NC(=O)C1CCN(C(C)C)CC1. The van der Waals surface area contributed by atoms with Crippen molar-refractivity contribution in [1.29, 1.82) is 0 Å². The van der Waals surface area contributed by atoms with Gasteiger partial charge < -0.3 is 14.8 Å². The third-order valence-electron chi connectivity index (χ3n) is 4.49. The number of rotatable bonds is 6. The Hall–Kier alpha value is -1.43. The fourth-order valence-electron chi connectivity index (χ4n) is 3.09. The van der Waals surface area contributed by atoms with Gasteiger partial charge in [-0.3, -0.25) is 4.79 Å². The van der Waals surface area contributed by atoms with Crippen LogP contribution in [0.4, 0.5) is 0 Å². The first kappa shape index (κ1) is 16.9. The Morgan fingerprint density at radius 2 is 2.05 bits per heavy atom. The summed E-state index contributed by atoms with van der Waals surface area (Å²) in [6.45, 7) is 11.4. The van der Waals surface area contributed by atoms with E-state index in [1.54, 1.807) is 6.33 Å². The lowest BCUT2D eigenvalue weighted by Gasteiger charge is -2.34. The predicted octanol–water partition coefficient (Wildman–Crippen LogP) is 1.99. The molecule has 0 aromatic carbocycles. The summed E-state index contributed by atoms with van der Waals surface area (Å²) in [6, 6.07) is 0.472. The van der Waals surface area contributed by atoms with E-state index >= 15 is 0 Å². The van der Waals surface area contributed by atoms with E-state index in [1.807, 2.05) is 11.5 Å². The molecule has 6 heteroatoms. The molecule has 1 aliphatic heterocycles. The molecule has 0 saturated carbocycles. The van der Waals surface area contributed by atoms with Gasteiger partial charge in [0, 0.05) is 18.5 Å². The Bertz CT molecular complexity index is 477. The summed E-state index contributed by atoms with van der Waals surface area (Å²) in [5.74, 6) is 1.12. The van der Waals surface area contributed by atoms with Crippen LogP contribution in [0.3, 0.4) is 0 Å². The smallest absolute Gasteiger partial charge is 0.223 e. The van der Waals surface area contributed by atoms with Crippen molar-refractivity contribution in [1.82, 2.24) is 25.0 Å². The van der Waals surface area contributed by atoms with Crippen LogP contribution in [0.2, 0.25) is 0 Å². The molecule has 124 valence electrons. The Morgan fingerprint density at radius 3 is 2.64 bits per heavy atom. The Kier molecular flexibility index (Phi) is 5.94. The molecular formula is C16H29N5O. The third kappa shape index (κ3) is 4.06. The maximum absolute atomic E-state index is 12.5. The van der Waals surface area contributed by atoms with E-state index < -0.39 is 0 Å². The largest absolute Gasteiger partial charge is 0.346 e. The molecule has 0 aliphatic carbocycles. The fraction of sp³-hybridized carbons (Fsp3) is 0.812. The van der Waals surface area contributed by atoms with Crippen LogP contribution in [0.1, 0.15) is 58.8 Å². The van der Waals surface area contributed by atoms with Crippen LogP contribution in [-0.4, -0.2) is 44.7 Å². The molecule has 6 nitrogen and oxygen atoms in total. The van der Waals surface area contributed by atoms with Gasteiger partial charge in [-0.15, -0.1) is 10.2 Å². The van der Waals surface area contributed by atoms with Gasteiger partial charge in [0.1, 0.15) is 6.33 Å². The van der Waals surface area contributed by atoms with Gasteiger partial charge in [0.2, 0.25) is 5.91 Å². The van der Waals surface area contributed by atoms with E-state index in [9.17, 15) is 4.79 Å². The molecule has 1 aliphatic rings. The van der Waals surface area contributed by atoms with E-state index in [0.29, 0.717) is 6.04 Å². The first-order valence-corrected chi connectivity index (χ1v) is 8.45. The van der Waals surface area contributed by atoms with E-state index in [-0.39, 0.29) is 17.9 Å². The van der Waals surface area contributed by atoms with Gasteiger partial charge in [0.25, 0.3) is 0 Å². The lowest BCUT2D eigenvalue weighted by Crippen LogP contribution is -2.43. The number of nitrogens with one attached hydrogen (secondary N) is 1. The fourth-order valence-corrected chi connectivity index (χ4v) is 3.09. The van der Waals surface area contributed by atoms with Crippen LogP contribution in [0.25, 0.3) is 0 Å². The summed E-state index contributed by atoms with van der Waals surface area (Å²) in [4.78, 5) is 14.9. The van der Waals surface area contributed by atoms with E-state index in [4.69, 9.17) is 0 Å². The zero-order chi connectivity index (χ0) is 16.1. The first-order valence-electron chi connectivity index (χ1n) is 8.45. The summed E-state index contributed by atoms with van der Waals surface area (Å²) in [6.07, 6.45) is 4.65. The highest BCUT2D eigenvalue weighted by Gasteiger charge is 2.27. The number of piperidine rings is 1. The minimum Gasteiger partial charge on any atom is -0.346 e. The molecule has 2 rings (SSSR count). The lowest BCUT2D eigenvalue weighted by molar-refractivity contribution is -0.127. The van der Waals surface area contributed by atoms with Gasteiger partial charge in [-0.25, -0.2) is 0 Å². The van der Waals surface area contributed by atoms with Crippen LogP contribution >= 0.6 is 0 Å². The second-order valence-electron chi connectivity index (χ2n) is 6.52. The molecule has 0 radical (unpaired) electrons. The number of likely N-dealkylation sites (tertiary alicyclic amines) is 1. The van der Waals surface area contributed by atoms with Crippen LogP contribution in [0, 0.1) is 5.92 Å². The summed E-state index contributed by atoms with van der Waals surface area (Å²) in [5, 5.41) is 11.2. The number of aromatic nitrogens is 3. The minimum absolute atomic E-state index is 0.0929. The highest BCUT2D eigenvalue weighted by atomic mass is 16.2. The van der Waals surface area contributed by atoms with E-state index in [2.05, 4.69) is 41.2 Å². The molecule has 0 bridgehead atoms. The average Bonchev–Trinajstić information content (AvgIpc) is 2.96. The lowest BCUT2D eigenvalue weighted by atomic mass is 9.95. The zero-order valence-electron chi connectivity index (χ0n) is 14.2. The van der Waals surface area contributed by atoms with Crippen molar-refractivity contribution in [3.63, 3.8) is 0 Å². The van der Waals surface area contributed by atoms with Crippen molar-refractivity contribution >= 4 is 5.91 Å². The highest BCUT2D eigenvalue weighted by molar-refractivity contribution is 5.79. The molecule has 1 aromatic heterocycles. The Morgan fingerprint density at radius 1 is 1.36 bits per heavy atom. The van der Waals surface area contributed by atoms with Crippen molar-refractivity contribution in [2.45, 2.75) is 65.6 Å². The van der Waals surface area contributed by atoms with Crippen molar-refractivity contribution in [2.24, 2.45) is 5.92 Å². The summed E-state index contributed by atoms with van der Waals surface area (Å²) >= 11 is 0. The van der Waals surface area contributed by atoms with Crippen LogP contribution in [-0.2, 0) is 11.3 Å². The second kappa shape index (κ2) is 7.72. The molecule has 1 aromatic rings. The molecule has 2 heterocycles. The van der Waals surface area contributed by atoms with Gasteiger partial charge >= 0.3 is 0 Å². The average molecular weight is 307 g/mol. The molecule has 1 N–H and O–H groups in total. The molecule has 1 amide bonds. The van der Waals surface area contributed by atoms with Gasteiger partial charge in [-0.05, 0) is 53.1 Å². The number of hydrogen-bond donors (Lipinski definition) is 1. The quantitative estimate of drug-likeness (QED) is 0.873. The summed E-state index contributed by atoms with van der Waals surface area (Å²) in [7, 11) is 0. The number of carbonyl (C=O) groups is 1. The number of hydrogen-bond acceptors (Lipinski definition) is 4. The zero-order valence-corrected chi connectivity index (χ0v) is 14.2. The third-order valence-corrected chi connectivity index (χ3v) is 4.49. The molecule has 1 saturated heterocycles. The van der Waals surface area contributed by atoms with Crippen molar-refractivity contribution in [3.8, 4) is 0 Å². The van der Waals surface area contributed by atoms with E-state index in [1.165, 1.54) is 0 Å². The van der Waals surface area contributed by atoms with E-state index in [0.717, 1.165) is 44.7 Å². The van der Waals surface area contributed by atoms with Crippen molar-refractivity contribution in [3.05, 3.63) is 12.2 Å². The summed E-state index contributed by atoms with van der Waals surface area (Å²) < 4.78 is 2.02. The summed E-state index contributed by atoms with van der Waals surface area (Å²) in [5.41, 5.74) is 0. The van der Waals surface area contributed by atoms with Gasteiger partial charge in [0.15, 0.2) is 5.82 Å². The number of nitrogens with zero attached hydrogens (tertiary/aromatic N) is 4. The van der Waals surface area contributed by atoms with Gasteiger partial charge in [-0.2, -0.15) is 0 Å². The minimum atomic E-state index is -0.0929. The number of carbonyl (C=O) groups excluding carboxylic acids is 1. The molecule has 0 unspecified atom stereocenters. The van der Waals surface area contributed by atoms with Gasteiger partial charge in [0.05, 0.1) is 6.04 Å². The Labute approximate surface area is 133 Å². The molecule has 0 spiro atoms. The molecule has 1 atom stereocenters. The monoisotopic (exact) mass is 307 g/mol. The highest BCUT2D eigenvalue weighted by Crippen LogP contribution is 2.20. The normalized spacial score (nSPS) is 18.6. The maximum Gasteiger partial charge on any atom is 0.223 e. The number of amides is 1. The van der Waals surface area contributed by atoms with Crippen LogP contribution in [0.5, 0.6) is 0 Å². The molecule has 22 heavy (non-hydrogen) atoms. The Balaban J connectivity index is 1.88. The van der Waals surface area contributed by atoms with Crippen LogP contribution < -0.4 is 5.32 Å². The van der Waals surface area contributed by atoms with Crippen LogP contribution in [0.15, 0.2) is 6.33 Å². The topological polar surface area (TPSA) is 63.1 Å². The molecular weight excluding hydrogens is 278 g/mol.